The van der Waals surface area contributed by atoms with Crippen LogP contribution in [0.2, 0.25) is 0 Å². The highest BCUT2D eigenvalue weighted by Gasteiger charge is 2.37. The maximum atomic E-state index is 12.9. The van der Waals surface area contributed by atoms with E-state index in [9.17, 15) is 18.0 Å². The Kier molecular flexibility index (Phi) is 7.88. The Bertz CT molecular complexity index is 675. The van der Waals surface area contributed by atoms with E-state index in [-0.39, 0.29) is 44.2 Å². The SMILES string of the molecule is CC1CN(S(=O)(=O)N2CCN(C(=O)CCNC(=O)OC(C)(C)C)CC2)CC(C)O1. The van der Waals surface area contributed by atoms with Crippen molar-refractivity contribution in [1.29, 1.82) is 0 Å². The number of nitrogens with one attached hydrogen (secondary N) is 1. The molecular weight excluding hydrogens is 400 g/mol. The zero-order valence-corrected chi connectivity index (χ0v) is 18.8. The van der Waals surface area contributed by atoms with Crippen LogP contribution >= 0.6 is 0 Å². The Balaban J connectivity index is 1.78. The number of carbonyl (C=O) groups excluding carboxylic acids is 2. The minimum Gasteiger partial charge on any atom is -0.444 e. The van der Waals surface area contributed by atoms with E-state index in [1.54, 1.807) is 25.7 Å². The lowest BCUT2D eigenvalue weighted by Crippen LogP contribution is -2.57. The highest BCUT2D eigenvalue weighted by molar-refractivity contribution is 7.86. The van der Waals surface area contributed by atoms with Gasteiger partial charge in [-0.2, -0.15) is 17.0 Å². The van der Waals surface area contributed by atoms with Gasteiger partial charge in [0.25, 0.3) is 10.2 Å². The van der Waals surface area contributed by atoms with Gasteiger partial charge in [0.2, 0.25) is 5.91 Å². The summed E-state index contributed by atoms with van der Waals surface area (Å²) in [5.41, 5.74) is -0.591. The lowest BCUT2D eigenvalue weighted by atomic mass is 10.2. The number of hydrogen-bond acceptors (Lipinski definition) is 6. The van der Waals surface area contributed by atoms with Crippen molar-refractivity contribution in [2.75, 3.05) is 45.8 Å². The summed E-state index contributed by atoms with van der Waals surface area (Å²) in [4.78, 5) is 25.6. The van der Waals surface area contributed by atoms with E-state index in [1.165, 1.54) is 8.61 Å². The summed E-state index contributed by atoms with van der Waals surface area (Å²) in [7, 11) is -3.57. The van der Waals surface area contributed by atoms with Crippen molar-refractivity contribution in [1.82, 2.24) is 18.8 Å². The van der Waals surface area contributed by atoms with Crippen LogP contribution in [0.5, 0.6) is 0 Å². The molecule has 2 heterocycles. The van der Waals surface area contributed by atoms with Crippen molar-refractivity contribution in [3.8, 4) is 0 Å². The fourth-order valence-corrected chi connectivity index (χ4v) is 5.14. The molecule has 2 aliphatic rings. The average Bonchev–Trinajstić information content (AvgIpc) is 2.59. The van der Waals surface area contributed by atoms with Crippen LogP contribution in [0, 0.1) is 0 Å². The highest BCUT2D eigenvalue weighted by Crippen LogP contribution is 2.19. The van der Waals surface area contributed by atoms with E-state index in [0.29, 0.717) is 26.2 Å². The Labute approximate surface area is 173 Å². The molecule has 2 aliphatic heterocycles. The summed E-state index contributed by atoms with van der Waals surface area (Å²) < 4.78 is 39.4. The normalized spacial score (nSPS) is 24.9. The number of amides is 2. The van der Waals surface area contributed by atoms with E-state index < -0.39 is 21.9 Å². The Morgan fingerprint density at radius 2 is 1.59 bits per heavy atom. The Morgan fingerprint density at radius 3 is 2.10 bits per heavy atom. The summed E-state index contributed by atoms with van der Waals surface area (Å²) >= 11 is 0. The van der Waals surface area contributed by atoms with Gasteiger partial charge in [-0.05, 0) is 34.6 Å². The van der Waals surface area contributed by atoms with Crippen LogP contribution in [0.1, 0.15) is 41.0 Å². The molecule has 2 rings (SSSR count). The fourth-order valence-electron chi connectivity index (χ4n) is 3.39. The largest absolute Gasteiger partial charge is 0.444 e. The van der Waals surface area contributed by atoms with Crippen LogP contribution in [0.15, 0.2) is 0 Å². The minimum absolute atomic E-state index is 0.119. The zero-order chi connectivity index (χ0) is 21.8. The third kappa shape index (κ3) is 7.09. The maximum Gasteiger partial charge on any atom is 0.407 e. The molecule has 2 amide bonds. The second kappa shape index (κ2) is 9.59. The van der Waals surface area contributed by atoms with Crippen molar-refractivity contribution in [3.05, 3.63) is 0 Å². The molecule has 2 unspecified atom stereocenters. The third-order valence-electron chi connectivity index (χ3n) is 4.64. The molecule has 11 heteroatoms. The lowest BCUT2D eigenvalue weighted by Gasteiger charge is -2.40. The predicted molar refractivity (Wildman–Crippen MR) is 108 cm³/mol. The number of rotatable bonds is 5. The summed E-state index contributed by atoms with van der Waals surface area (Å²) in [5, 5.41) is 2.56. The first kappa shape index (κ1) is 23.8. The molecule has 0 aliphatic carbocycles. The van der Waals surface area contributed by atoms with Crippen molar-refractivity contribution < 1.29 is 27.5 Å². The molecule has 2 fully saturated rings. The number of hydrogen-bond donors (Lipinski definition) is 1. The zero-order valence-electron chi connectivity index (χ0n) is 18.0. The van der Waals surface area contributed by atoms with Gasteiger partial charge in [-0.3, -0.25) is 4.79 Å². The van der Waals surface area contributed by atoms with Crippen molar-refractivity contribution in [2.24, 2.45) is 0 Å². The van der Waals surface area contributed by atoms with E-state index in [0.717, 1.165) is 0 Å². The number of ether oxygens (including phenoxy) is 2. The number of morpholine rings is 1. The van der Waals surface area contributed by atoms with Crippen LogP contribution in [0.4, 0.5) is 4.79 Å². The molecule has 0 spiro atoms. The second-order valence-corrected chi connectivity index (χ2v) is 10.5. The molecule has 29 heavy (non-hydrogen) atoms. The molecule has 10 nitrogen and oxygen atoms in total. The summed E-state index contributed by atoms with van der Waals surface area (Å²) in [5.74, 6) is -0.119. The molecule has 0 radical (unpaired) electrons. The van der Waals surface area contributed by atoms with Gasteiger partial charge >= 0.3 is 6.09 Å². The van der Waals surface area contributed by atoms with Crippen LogP contribution < -0.4 is 5.32 Å². The van der Waals surface area contributed by atoms with Crippen LogP contribution in [0.25, 0.3) is 0 Å². The van der Waals surface area contributed by atoms with E-state index in [2.05, 4.69) is 5.32 Å². The molecular formula is C18H34N4O6S. The minimum atomic E-state index is -3.57. The van der Waals surface area contributed by atoms with E-state index in [4.69, 9.17) is 9.47 Å². The monoisotopic (exact) mass is 434 g/mol. The molecule has 0 aromatic carbocycles. The second-order valence-electron chi connectivity index (χ2n) is 8.54. The van der Waals surface area contributed by atoms with Gasteiger partial charge in [0.15, 0.2) is 0 Å². The van der Waals surface area contributed by atoms with Crippen molar-refractivity contribution in [2.45, 2.75) is 58.8 Å². The predicted octanol–water partition coefficient (Wildman–Crippen LogP) is 0.399. The first-order valence-electron chi connectivity index (χ1n) is 10.0. The molecule has 0 bridgehead atoms. The van der Waals surface area contributed by atoms with Gasteiger partial charge in [-0.25, -0.2) is 4.79 Å². The van der Waals surface area contributed by atoms with Gasteiger partial charge in [0.05, 0.1) is 12.2 Å². The highest BCUT2D eigenvalue weighted by atomic mass is 32.2. The topological polar surface area (TPSA) is 108 Å². The molecule has 0 aromatic heterocycles. The maximum absolute atomic E-state index is 12.9. The molecule has 0 aromatic rings. The molecule has 2 atom stereocenters. The van der Waals surface area contributed by atoms with E-state index >= 15 is 0 Å². The van der Waals surface area contributed by atoms with Crippen LogP contribution in [-0.2, 0) is 24.5 Å². The molecule has 1 N–H and O–H groups in total. The standard InChI is InChI=1S/C18H34N4O6S/c1-14-12-22(13-15(2)27-14)29(25,26)21-10-8-20(9-11-21)16(23)6-7-19-17(24)28-18(3,4)5/h14-15H,6-13H2,1-5H3,(H,19,24). The van der Waals surface area contributed by atoms with E-state index in [1.807, 2.05) is 13.8 Å². The molecule has 2 saturated heterocycles. The number of alkyl carbamates (subject to hydrolysis) is 1. The van der Waals surface area contributed by atoms with Gasteiger partial charge in [0.1, 0.15) is 5.60 Å². The number of nitrogens with zero attached hydrogens (tertiary/aromatic N) is 3. The Morgan fingerprint density at radius 1 is 1.03 bits per heavy atom. The van der Waals surface area contributed by atoms with Crippen LogP contribution in [0.3, 0.4) is 0 Å². The summed E-state index contributed by atoms with van der Waals surface area (Å²) in [6.45, 7) is 11.1. The number of carbonyl (C=O) groups is 2. The molecule has 0 saturated carbocycles. The van der Waals surface area contributed by atoms with Gasteiger partial charge in [-0.1, -0.05) is 0 Å². The first-order valence-corrected chi connectivity index (χ1v) is 11.4. The van der Waals surface area contributed by atoms with Gasteiger partial charge in [-0.15, -0.1) is 0 Å². The summed E-state index contributed by atoms with van der Waals surface area (Å²) in [6.07, 6.45) is -0.706. The first-order chi connectivity index (χ1) is 13.4. The number of piperazine rings is 1. The van der Waals surface area contributed by atoms with Gasteiger partial charge < -0.3 is 19.7 Å². The fraction of sp³-hybridized carbons (Fsp3) is 0.889. The smallest absolute Gasteiger partial charge is 0.407 e. The van der Waals surface area contributed by atoms with Crippen molar-refractivity contribution >= 4 is 22.2 Å². The Hall–Kier alpha value is -1.43. The van der Waals surface area contributed by atoms with Crippen LogP contribution in [-0.4, -0.2) is 97.6 Å². The molecule has 168 valence electrons. The quantitative estimate of drug-likeness (QED) is 0.671. The third-order valence-corrected chi connectivity index (χ3v) is 6.61. The van der Waals surface area contributed by atoms with Gasteiger partial charge in [0, 0.05) is 52.2 Å². The average molecular weight is 435 g/mol. The lowest BCUT2D eigenvalue weighted by molar-refractivity contribution is -0.132. The summed E-state index contributed by atoms with van der Waals surface area (Å²) in [6, 6.07) is 0. The van der Waals surface area contributed by atoms with Crippen molar-refractivity contribution in [3.63, 3.8) is 0 Å².